The number of nitrogens with zero attached hydrogens (tertiary/aromatic N) is 1. The number of benzene rings is 3. The molecule has 9 heteroatoms. The van der Waals surface area contributed by atoms with Gasteiger partial charge in [0.1, 0.15) is 0 Å². The first kappa shape index (κ1) is 22.6. The van der Waals surface area contributed by atoms with Gasteiger partial charge in [0.05, 0.1) is 23.5 Å². The molecule has 0 aromatic heterocycles. The van der Waals surface area contributed by atoms with E-state index in [1.54, 1.807) is 24.3 Å². The summed E-state index contributed by atoms with van der Waals surface area (Å²) < 4.78 is 67.9. The number of hydrogen-bond acceptors (Lipinski definition) is 4. The Hall–Kier alpha value is -3.59. The minimum atomic E-state index is -4.65. The number of para-hydroxylation sites is 2. The molecular weight excluding hydrogens is 453 g/mol. The maximum absolute atomic E-state index is 13.4. The van der Waals surface area contributed by atoms with E-state index >= 15 is 0 Å². The summed E-state index contributed by atoms with van der Waals surface area (Å²) in [7, 11) is -4.35. The fourth-order valence-electron chi connectivity index (χ4n) is 3.55. The lowest BCUT2D eigenvalue weighted by Crippen LogP contribution is -2.39. The van der Waals surface area contributed by atoms with E-state index in [-0.39, 0.29) is 23.5 Å². The van der Waals surface area contributed by atoms with E-state index in [2.05, 4.69) is 5.32 Å². The van der Waals surface area contributed by atoms with E-state index in [0.717, 1.165) is 28.2 Å². The summed E-state index contributed by atoms with van der Waals surface area (Å²) in [4.78, 5) is 12.4. The molecule has 0 radical (unpaired) electrons. The molecule has 0 spiro atoms. The van der Waals surface area contributed by atoms with Crippen molar-refractivity contribution in [2.75, 3.05) is 9.62 Å². The van der Waals surface area contributed by atoms with Crippen molar-refractivity contribution < 1.29 is 26.4 Å². The predicted octanol–water partition coefficient (Wildman–Crippen LogP) is 5.50. The molecule has 4 rings (SSSR count). The second kappa shape index (κ2) is 8.40. The topological polar surface area (TPSA) is 66.5 Å². The number of fused-ring (bicyclic) bond motifs is 1. The number of alkyl halides is 3. The van der Waals surface area contributed by atoms with Crippen LogP contribution >= 0.6 is 0 Å². The normalized spacial score (nSPS) is 16.5. The van der Waals surface area contributed by atoms with Crippen LogP contribution < -0.4 is 9.62 Å². The number of anilines is 2. The molecule has 0 amide bonds. The second-order valence-electron chi connectivity index (χ2n) is 7.54. The molecule has 1 heterocycles. The van der Waals surface area contributed by atoms with Crippen molar-refractivity contribution in [1.29, 1.82) is 0 Å². The molecule has 0 saturated heterocycles. The lowest BCUT2D eigenvalue weighted by molar-refractivity contribution is -0.136. The maximum atomic E-state index is 13.4. The average molecular weight is 472 g/mol. The molecule has 0 saturated carbocycles. The van der Waals surface area contributed by atoms with Crippen LogP contribution in [0.5, 0.6) is 0 Å². The van der Waals surface area contributed by atoms with Gasteiger partial charge in [-0.25, -0.2) is 8.42 Å². The quantitative estimate of drug-likeness (QED) is 0.510. The Balaban J connectivity index is 1.78. The monoisotopic (exact) mass is 472 g/mol. The molecular formula is C24H19F3N2O3S. The second-order valence-corrected chi connectivity index (χ2v) is 9.37. The van der Waals surface area contributed by atoms with E-state index < -0.39 is 32.5 Å². The lowest BCUT2D eigenvalue weighted by atomic mass is 10.1. The number of carbonyl (C=O) groups is 1. The Morgan fingerprint density at radius 2 is 1.58 bits per heavy atom. The summed E-state index contributed by atoms with van der Waals surface area (Å²) in [6.45, 7) is 1.87. The summed E-state index contributed by atoms with van der Waals surface area (Å²) in [5.74, 6) is -0.789. The summed E-state index contributed by atoms with van der Waals surface area (Å²) in [6, 6.07) is 18.1. The van der Waals surface area contributed by atoms with Gasteiger partial charge in [-0.1, -0.05) is 54.1 Å². The number of rotatable bonds is 4. The molecule has 0 fully saturated rings. The van der Waals surface area contributed by atoms with Crippen LogP contribution in [0.15, 0.2) is 83.9 Å². The van der Waals surface area contributed by atoms with Crippen LogP contribution in [0.25, 0.3) is 0 Å². The third-order valence-corrected chi connectivity index (χ3v) is 7.01. The molecule has 170 valence electrons. The van der Waals surface area contributed by atoms with Gasteiger partial charge in [0, 0.05) is 11.8 Å². The van der Waals surface area contributed by atoms with Gasteiger partial charge in [-0.15, -0.1) is 0 Å². The summed E-state index contributed by atoms with van der Waals surface area (Å²) in [5, 5.41) is 2.39. The van der Waals surface area contributed by atoms with Crippen molar-refractivity contribution in [1.82, 2.24) is 0 Å². The van der Waals surface area contributed by atoms with Gasteiger partial charge in [-0.05, 0) is 36.8 Å². The zero-order valence-electron chi connectivity index (χ0n) is 17.4. The van der Waals surface area contributed by atoms with Crippen LogP contribution in [-0.4, -0.2) is 14.2 Å². The van der Waals surface area contributed by atoms with Gasteiger partial charge >= 0.3 is 6.18 Å². The molecule has 0 unspecified atom stereocenters. The highest BCUT2D eigenvalue weighted by atomic mass is 32.2. The van der Waals surface area contributed by atoms with Crippen LogP contribution in [0.1, 0.15) is 27.0 Å². The minimum Gasteiger partial charge on any atom is -0.360 e. The molecule has 33 heavy (non-hydrogen) atoms. The molecule has 3 aromatic carbocycles. The molecule has 0 atom stereocenters. The minimum absolute atomic E-state index is 0.0383. The van der Waals surface area contributed by atoms with Crippen LogP contribution in [0.2, 0.25) is 0 Å². The Morgan fingerprint density at radius 1 is 0.939 bits per heavy atom. The smallest absolute Gasteiger partial charge is 0.360 e. The number of aryl methyl sites for hydroxylation is 1. The molecule has 5 nitrogen and oxygen atoms in total. The van der Waals surface area contributed by atoms with E-state index in [1.165, 1.54) is 24.3 Å². The highest BCUT2D eigenvalue weighted by Crippen LogP contribution is 2.38. The molecule has 1 aliphatic heterocycles. The predicted molar refractivity (Wildman–Crippen MR) is 120 cm³/mol. The van der Waals surface area contributed by atoms with Gasteiger partial charge in [0.2, 0.25) is 5.78 Å². The Kier molecular flexibility index (Phi) is 5.75. The van der Waals surface area contributed by atoms with Crippen molar-refractivity contribution in [2.24, 2.45) is 0 Å². The van der Waals surface area contributed by atoms with Crippen molar-refractivity contribution in [3.8, 4) is 0 Å². The number of allylic oxidation sites excluding steroid dienone is 1. The van der Waals surface area contributed by atoms with Crippen molar-refractivity contribution in [2.45, 2.75) is 19.6 Å². The summed E-state index contributed by atoms with van der Waals surface area (Å²) in [6.07, 6.45) is -3.82. The van der Waals surface area contributed by atoms with E-state index in [4.69, 9.17) is 0 Å². The summed E-state index contributed by atoms with van der Waals surface area (Å²) >= 11 is 0. The zero-order chi connectivity index (χ0) is 23.8. The van der Waals surface area contributed by atoms with Crippen LogP contribution in [0.4, 0.5) is 24.5 Å². The highest BCUT2D eigenvalue weighted by Gasteiger charge is 2.40. The lowest BCUT2D eigenvalue weighted by Gasteiger charge is -2.31. The summed E-state index contributed by atoms with van der Waals surface area (Å²) in [5.41, 5.74) is 0.739. The van der Waals surface area contributed by atoms with E-state index in [1.807, 2.05) is 19.1 Å². The number of carbonyl (C=O) groups excluding carboxylic acids is 1. The number of hydrogen-bond donors (Lipinski definition) is 1. The van der Waals surface area contributed by atoms with Gasteiger partial charge in [-0.2, -0.15) is 13.2 Å². The standard InChI is InChI=1S/C24H19F3N2O3S/c1-16-10-12-17(13-11-16)15-29-21-9-5-2-6-18(21)23(30)22(33(29,31)32)14-28-20-8-4-3-7-19(20)24(25,26)27/h2-14,28H,15H2,1H3. The number of nitrogens with one attached hydrogen (secondary N) is 1. The number of ketones is 1. The highest BCUT2D eigenvalue weighted by molar-refractivity contribution is 7.97. The fourth-order valence-corrected chi connectivity index (χ4v) is 5.08. The molecule has 0 bridgehead atoms. The van der Waals surface area contributed by atoms with Crippen LogP contribution in [-0.2, 0) is 22.7 Å². The Labute approximate surface area is 189 Å². The van der Waals surface area contributed by atoms with Crippen LogP contribution in [0, 0.1) is 6.92 Å². The van der Waals surface area contributed by atoms with Crippen molar-refractivity contribution >= 4 is 27.2 Å². The maximum Gasteiger partial charge on any atom is 0.418 e. The molecule has 0 aliphatic carbocycles. The van der Waals surface area contributed by atoms with Gasteiger partial charge in [0.25, 0.3) is 10.0 Å². The fraction of sp³-hybridized carbons (Fsp3) is 0.125. The number of Topliss-reactive ketones (excluding diaryl/α,β-unsaturated/α-hetero) is 1. The number of halogens is 3. The van der Waals surface area contributed by atoms with Gasteiger partial charge in [-0.3, -0.25) is 9.10 Å². The third kappa shape index (κ3) is 4.36. The zero-order valence-corrected chi connectivity index (χ0v) is 18.2. The Morgan fingerprint density at radius 3 is 2.27 bits per heavy atom. The molecule has 3 aromatic rings. The van der Waals surface area contributed by atoms with Crippen molar-refractivity contribution in [3.05, 3.63) is 106 Å². The van der Waals surface area contributed by atoms with E-state index in [0.29, 0.717) is 5.56 Å². The van der Waals surface area contributed by atoms with Gasteiger partial charge < -0.3 is 5.32 Å². The first-order chi connectivity index (χ1) is 15.6. The Bertz CT molecular complexity index is 1350. The van der Waals surface area contributed by atoms with Crippen LogP contribution in [0.3, 0.4) is 0 Å². The first-order valence-electron chi connectivity index (χ1n) is 9.94. The van der Waals surface area contributed by atoms with E-state index in [9.17, 15) is 26.4 Å². The first-order valence-corrected chi connectivity index (χ1v) is 11.4. The largest absolute Gasteiger partial charge is 0.418 e. The third-order valence-electron chi connectivity index (χ3n) is 5.25. The van der Waals surface area contributed by atoms with Gasteiger partial charge in [0.15, 0.2) is 4.91 Å². The average Bonchev–Trinajstić information content (AvgIpc) is 2.77. The van der Waals surface area contributed by atoms with Crippen molar-refractivity contribution in [3.63, 3.8) is 0 Å². The molecule has 1 aliphatic rings. The molecule has 1 N–H and O–H groups in total. The number of sulfonamides is 1. The SMILES string of the molecule is Cc1ccc(CN2c3ccccc3C(=O)C(=CNc3ccccc3C(F)(F)F)S2(=O)=O)cc1.